The highest BCUT2D eigenvalue weighted by atomic mass is 35.5. The van der Waals surface area contributed by atoms with Gasteiger partial charge in [-0.15, -0.1) is 11.3 Å². The lowest BCUT2D eigenvalue weighted by atomic mass is 10.00. The molecule has 1 aliphatic heterocycles. The number of anilines is 1. The fraction of sp³-hybridized carbons (Fsp3) is 0.357. The van der Waals surface area contributed by atoms with Crippen molar-refractivity contribution in [1.82, 2.24) is 9.80 Å². The lowest BCUT2D eigenvalue weighted by molar-refractivity contribution is -0.135. The van der Waals surface area contributed by atoms with Crippen LogP contribution in [0.15, 0.2) is 60.0 Å². The Morgan fingerprint density at radius 2 is 2.03 bits per heavy atom. The van der Waals surface area contributed by atoms with Gasteiger partial charge in [-0.2, -0.15) is 0 Å². The summed E-state index contributed by atoms with van der Waals surface area (Å²) in [5.41, 5.74) is 2.78. The fourth-order valence-electron chi connectivity index (χ4n) is 4.41. The number of halogens is 1. The lowest BCUT2D eigenvalue weighted by Gasteiger charge is -2.38. The third kappa shape index (κ3) is 6.02. The number of hydrogen-bond acceptors (Lipinski definition) is 4. The molecule has 2 aromatic carbocycles. The first kappa shape index (κ1) is 26.0. The zero-order chi connectivity index (χ0) is 25.7. The van der Waals surface area contributed by atoms with E-state index in [1.807, 2.05) is 49.9 Å². The van der Waals surface area contributed by atoms with Crippen molar-refractivity contribution >= 4 is 40.6 Å². The number of ether oxygens (including phenoxy) is 1. The number of thiophene rings is 1. The molecular formula is C28H32ClN3O3S. The number of nitrogens with zero attached hydrogens (tertiary/aromatic N) is 2. The molecule has 1 aliphatic rings. The molecule has 0 spiro atoms. The molecule has 0 fully saturated rings. The van der Waals surface area contributed by atoms with Crippen molar-refractivity contribution in [2.75, 3.05) is 25.0 Å². The van der Waals surface area contributed by atoms with Crippen LogP contribution < -0.4 is 10.1 Å². The second kappa shape index (κ2) is 11.8. The number of hydrogen-bond donors (Lipinski definition) is 1. The first-order valence-corrected chi connectivity index (χ1v) is 13.5. The monoisotopic (exact) mass is 525 g/mol. The topological polar surface area (TPSA) is 61.9 Å². The van der Waals surface area contributed by atoms with Gasteiger partial charge in [-0.05, 0) is 73.5 Å². The highest BCUT2D eigenvalue weighted by Crippen LogP contribution is 2.34. The van der Waals surface area contributed by atoms with Crippen LogP contribution in [0.2, 0.25) is 5.02 Å². The standard InChI is InChI=1S/C28H32ClN3O3S/c1-4-20(3)32(28(34)30-22-10-7-9-21(29)16-22)17-27(33)31-14-12-26-23(13-15-36-26)24(31)18-35-25-11-6-5-8-19(25)2/h5-11,13,15-16,20,24H,4,12,14,17-18H2,1-3H3,(H,30,34)/t20-,24-/m0/s1. The van der Waals surface area contributed by atoms with Crippen molar-refractivity contribution < 1.29 is 14.3 Å². The Kier molecular flexibility index (Phi) is 8.54. The molecule has 0 unspecified atom stereocenters. The average Bonchev–Trinajstić information content (AvgIpc) is 3.35. The number of rotatable bonds is 8. The Labute approximate surface area is 221 Å². The molecular weight excluding hydrogens is 494 g/mol. The summed E-state index contributed by atoms with van der Waals surface area (Å²) < 4.78 is 6.20. The Hall–Kier alpha value is -3.03. The summed E-state index contributed by atoms with van der Waals surface area (Å²) in [6, 6.07) is 16.3. The molecule has 0 bridgehead atoms. The first-order chi connectivity index (χ1) is 17.4. The van der Waals surface area contributed by atoms with Crippen molar-refractivity contribution in [2.24, 2.45) is 0 Å². The van der Waals surface area contributed by atoms with Crippen LogP contribution in [0.3, 0.4) is 0 Å². The van der Waals surface area contributed by atoms with Gasteiger partial charge in [-0.3, -0.25) is 4.79 Å². The van der Waals surface area contributed by atoms with Crippen LogP contribution in [0.5, 0.6) is 5.75 Å². The summed E-state index contributed by atoms with van der Waals surface area (Å²) in [6.07, 6.45) is 1.53. The van der Waals surface area contributed by atoms with Gasteiger partial charge in [0.15, 0.2) is 0 Å². The number of amides is 3. The van der Waals surface area contributed by atoms with Crippen LogP contribution >= 0.6 is 22.9 Å². The largest absolute Gasteiger partial charge is 0.491 e. The molecule has 2 heterocycles. The van der Waals surface area contributed by atoms with E-state index >= 15 is 0 Å². The van der Waals surface area contributed by atoms with E-state index in [9.17, 15) is 9.59 Å². The molecule has 8 heteroatoms. The normalized spacial score (nSPS) is 15.7. The molecule has 1 N–H and O–H groups in total. The van der Waals surface area contributed by atoms with E-state index in [0.29, 0.717) is 23.9 Å². The van der Waals surface area contributed by atoms with Gasteiger partial charge in [-0.25, -0.2) is 4.79 Å². The highest BCUT2D eigenvalue weighted by Gasteiger charge is 2.34. The summed E-state index contributed by atoms with van der Waals surface area (Å²) in [4.78, 5) is 31.7. The number of fused-ring (bicyclic) bond motifs is 1. The Bertz CT molecular complexity index is 1210. The molecule has 36 heavy (non-hydrogen) atoms. The van der Waals surface area contributed by atoms with E-state index < -0.39 is 0 Å². The van der Waals surface area contributed by atoms with Crippen molar-refractivity contribution in [3.05, 3.63) is 81.0 Å². The maximum absolute atomic E-state index is 13.7. The van der Waals surface area contributed by atoms with Gasteiger partial charge in [-0.1, -0.05) is 42.8 Å². The van der Waals surface area contributed by atoms with Gasteiger partial charge in [0.25, 0.3) is 0 Å². The van der Waals surface area contributed by atoms with Gasteiger partial charge < -0.3 is 19.9 Å². The van der Waals surface area contributed by atoms with Crippen LogP contribution in [0.4, 0.5) is 10.5 Å². The molecule has 6 nitrogen and oxygen atoms in total. The zero-order valence-corrected chi connectivity index (χ0v) is 22.4. The van der Waals surface area contributed by atoms with Gasteiger partial charge in [0.2, 0.25) is 5.91 Å². The highest BCUT2D eigenvalue weighted by molar-refractivity contribution is 7.10. The minimum atomic E-state index is -0.319. The molecule has 0 radical (unpaired) electrons. The number of aryl methyl sites for hydroxylation is 1. The molecule has 0 saturated carbocycles. The predicted molar refractivity (Wildman–Crippen MR) is 146 cm³/mol. The molecule has 2 atom stereocenters. The van der Waals surface area contributed by atoms with Gasteiger partial charge in [0.05, 0.1) is 6.04 Å². The Morgan fingerprint density at radius 1 is 1.22 bits per heavy atom. The molecule has 1 aromatic heterocycles. The van der Waals surface area contributed by atoms with Crippen LogP contribution in [0, 0.1) is 6.92 Å². The van der Waals surface area contributed by atoms with Crippen molar-refractivity contribution in [1.29, 1.82) is 0 Å². The third-order valence-electron chi connectivity index (χ3n) is 6.67. The van der Waals surface area contributed by atoms with E-state index in [0.717, 1.165) is 29.7 Å². The van der Waals surface area contributed by atoms with Crippen molar-refractivity contribution in [3.8, 4) is 5.75 Å². The number of carbonyl (C=O) groups is 2. The molecule has 0 aliphatic carbocycles. The number of benzene rings is 2. The summed E-state index contributed by atoms with van der Waals surface area (Å²) in [5, 5.41) is 5.50. The molecule has 190 valence electrons. The van der Waals surface area contributed by atoms with Gasteiger partial charge >= 0.3 is 6.03 Å². The first-order valence-electron chi connectivity index (χ1n) is 12.2. The number of urea groups is 1. The van der Waals surface area contributed by atoms with Gasteiger partial charge in [0, 0.05) is 28.2 Å². The minimum Gasteiger partial charge on any atom is -0.491 e. The average molecular weight is 526 g/mol. The summed E-state index contributed by atoms with van der Waals surface area (Å²) >= 11 is 7.80. The smallest absolute Gasteiger partial charge is 0.322 e. The minimum absolute atomic E-state index is 0.0122. The van der Waals surface area contributed by atoms with E-state index in [1.165, 1.54) is 4.88 Å². The second-order valence-electron chi connectivity index (χ2n) is 9.05. The van der Waals surface area contributed by atoms with Crippen LogP contribution in [0.25, 0.3) is 0 Å². The summed E-state index contributed by atoms with van der Waals surface area (Å²) in [5.74, 6) is 0.723. The molecule has 0 saturated heterocycles. The van der Waals surface area contributed by atoms with E-state index in [-0.39, 0.29) is 30.6 Å². The summed E-state index contributed by atoms with van der Waals surface area (Å²) in [6.45, 7) is 6.92. The number of carbonyl (C=O) groups excluding carboxylic acids is 2. The Morgan fingerprint density at radius 3 is 2.78 bits per heavy atom. The fourth-order valence-corrected chi connectivity index (χ4v) is 5.53. The van der Waals surface area contributed by atoms with E-state index in [4.69, 9.17) is 16.3 Å². The van der Waals surface area contributed by atoms with Gasteiger partial charge in [0.1, 0.15) is 18.9 Å². The quantitative estimate of drug-likeness (QED) is 0.363. The lowest BCUT2D eigenvalue weighted by Crippen LogP contribution is -2.50. The third-order valence-corrected chi connectivity index (χ3v) is 7.90. The maximum Gasteiger partial charge on any atom is 0.322 e. The molecule has 4 rings (SSSR count). The summed E-state index contributed by atoms with van der Waals surface area (Å²) in [7, 11) is 0. The van der Waals surface area contributed by atoms with Crippen molar-refractivity contribution in [3.63, 3.8) is 0 Å². The Balaban J connectivity index is 1.52. The molecule has 3 aromatic rings. The van der Waals surface area contributed by atoms with E-state index in [1.54, 1.807) is 40.5 Å². The zero-order valence-electron chi connectivity index (χ0n) is 20.9. The van der Waals surface area contributed by atoms with E-state index in [2.05, 4.69) is 16.8 Å². The maximum atomic E-state index is 13.7. The van der Waals surface area contributed by atoms with Crippen LogP contribution in [-0.2, 0) is 11.2 Å². The van der Waals surface area contributed by atoms with Crippen molar-refractivity contribution in [2.45, 2.75) is 45.7 Å². The number of para-hydroxylation sites is 1. The predicted octanol–water partition coefficient (Wildman–Crippen LogP) is 6.55. The number of nitrogens with one attached hydrogen (secondary N) is 1. The second-order valence-corrected chi connectivity index (χ2v) is 10.5. The van der Waals surface area contributed by atoms with Crippen LogP contribution in [0.1, 0.15) is 42.3 Å². The molecule has 3 amide bonds. The SMILES string of the molecule is CC[C@H](C)N(CC(=O)N1CCc2sccc2[C@@H]1COc1ccccc1C)C(=O)Nc1cccc(Cl)c1. The van der Waals surface area contributed by atoms with Crippen LogP contribution in [-0.4, -0.2) is 47.5 Å².